The maximum Gasteiger partial charge on any atom is 0.230 e. The van der Waals surface area contributed by atoms with Gasteiger partial charge in [-0.05, 0) is 33.3 Å². The molecule has 1 N–H and O–H groups in total. The van der Waals surface area contributed by atoms with E-state index in [1.165, 1.54) is 0 Å². The number of thiazole rings is 1. The van der Waals surface area contributed by atoms with Gasteiger partial charge in [0, 0.05) is 29.6 Å². The van der Waals surface area contributed by atoms with E-state index in [4.69, 9.17) is 4.74 Å². The van der Waals surface area contributed by atoms with Crippen LogP contribution in [-0.4, -0.2) is 24.5 Å². The van der Waals surface area contributed by atoms with Gasteiger partial charge in [-0.25, -0.2) is 4.98 Å². The van der Waals surface area contributed by atoms with Crippen LogP contribution in [0.4, 0.5) is 0 Å². The average molecular weight is 332 g/mol. The predicted molar refractivity (Wildman–Crippen MR) is 94.2 cm³/mol. The number of hydrogen-bond donors (Lipinski definition) is 1. The Labute approximate surface area is 141 Å². The molecule has 1 aromatic carbocycles. The minimum atomic E-state index is -0.635. The summed E-state index contributed by atoms with van der Waals surface area (Å²) in [5.41, 5.74) is 1.33. The fourth-order valence-electron chi connectivity index (χ4n) is 2.46. The maximum absolute atomic E-state index is 12.6. The molecule has 2 rings (SSSR count). The van der Waals surface area contributed by atoms with Gasteiger partial charge >= 0.3 is 0 Å². The zero-order chi connectivity index (χ0) is 16.9. The van der Waals surface area contributed by atoms with Crippen molar-refractivity contribution in [1.82, 2.24) is 10.3 Å². The van der Waals surface area contributed by atoms with Crippen LogP contribution >= 0.6 is 11.3 Å². The summed E-state index contributed by atoms with van der Waals surface area (Å²) < 4.78 is 5.38. The highest BCUT2D eigenvalue weighted by Crippen LogP contribution is 2.31. The van der Waals surface area contributed by atoms with Crippen molar-refractivity contribution < 1.29 is 9.53 Å². The Hall–Kier alpha value is -1.88. The van der Waals surface area contributed by atoms with Gasteiger partial charge in [-0.15, -0.1) is 11.3 Å². The molecule has 0 aliphatic heterocycles. The maximum atomic E-state index is 12.6. The summed E-state index contributed by atoms with van der Waals surface area (Å²) in [7, 11) is 1.63. The van der Waals surface area contributed by atoms with E-state index in [-0.39, 0.29) is 5.91 Å². The first kappa shape index (κ1) is 17.5. The number of aryl methyl sites for hydroxylation is 2. The van der Waals surface area contributed by atoms with Crippen molar-refractivity contribution in [2.45, 2.75) is 39.0 Å². The number of para-hydroxylation sites is 1. The van der Waals surface area contributed by atoms with Gasteiger partial charge in [0.1, 0.15) is 5.75 Å². The van der Waals surface area contributed by atoms with Gasteiger partial charge < -0.3 is 10.1 Å². The third-order valence-corrected chi connectivity index (χ3v) is 4.89. The van der Waals surface area contributed by atoms with Crippen LogP contribution in [0.3, 0.4) is 0 Å². The average Bonchev–Trinajstić information content (AvgIpc) is 2.96. The Morgan fingerprint density at radius 1 is 1.35 bits per heavy atom. The topological polar surface area (TPSA) is 51.2 Å². The van der Waals surface area contributed by atoms with Gasteiger partial charge in [-0.1, -0.05) is 18.2 Å². The predicted octanol–water partition coefficient (Wildman–Crippen LogP) is 3.49. The van der Waals surface area contributed by atoms with E-state index in [2.05, 4.69) is 15.7 Å². The summed E-state index contributed by atoms with van der Waals surface area (Å²) in [5, 5.41) is 6.21. The van der Waals surface area contributed by atoms with Crippen LogP contribution in [0.15, 0.2) is 29.6 Å². The molecule has 0 spiro atoms. The van der Waals surface area contributed by atoms with Gasteiger partial charge in [0.25, 0.3) is 0 Å². The zero-order valence-electron chi connectivity index (χ0n) is 14.2. The zero-order valence-corrected chi connectivity index (χ0v) is 15.0. The Morgan fingerprint density at radius 3 is 2.74 bits per heavy atom. The Balaban J connectivity index is 1.91. The highest BCUT2D eigenvalue weighted by Gasteiger charge is 2.32. The lowest BCUT2D eigenvalue weighted by Crippen LogP contribution is -2.40. The van der Waals surface area contributed by atoms with Crippen LogP contribution in [0.5, 0.6) is 5.75 Å². The minimum Gasteiger partial charge on any atom is -0.496 e. The van der Waals surface area contributed by atoms with Crippen molar-refractivity contribution >= 4 is 17.2 Å². The molecule has 4 nitrogen and oxygen atoms in total. The number of rotatable bonds is 7. The van der Waals surface area contributed by atoms with Gasteiger partial charge in [0.2, 0.25) is 5.91 Å². The van der Waals surface area contributed by atoms with Crippen molar-refractivity contribution in [3.63, 3.8) is 0 Å². The third-order valence-electron chi connectivity index (χ3n) is 3.87. The Kier molecular flexibility index (Phi) is 5.77. The molecule has 0 aliphatic carbocycles. The quantitative estimate of drug-likeness (QED) is 0.790. The van der Waals surface area contributed by atoms with Gasteiger partial charge in [-0.2, -0.15) is 0 Å². The molecular weight excluding hydrogens is 308 g/mol. The molecule has 0 saturated heterocycles. The molecule has 0 aliphatic rings. The second-order valence-electron chi connectivity index (χ2n) is 6.07. The van der Waals surface area contributed by atoms with E-state index in [9.17, 15) is 4.79 Å². The van der Waals surface area contributed by atoms with Crippen LogP contribution in [0.25, 0.3) is 0 Å². The third kappa shape index (κ3) is 4.32. The number of methoxy groups -OCH3 is 1. The fourth-order valence-corrected chi connectivity index (χ4v) is 3.28. The number of amides is 1. The Morgan fingerprint density at radius 2 is 2.09 bits per heavy atom. The molecule has 0 radical (unpaired) electrons. The lowest BCUT2D eigenvalue weighted by Gasteiger charge is -2.26. The molecule has 0 fully saturated rings. The number of carbonyl (C=O) groups is 1. The molecule has 0 saturated carbocycles. The highest BCUT2D eigenvalue weighted by atomic mass is 32.1. The van der Waals surface area contributed by atoms with Crippen LogP contribution in [0, 0.1) is 6.92 Å². The van der Waals surface area contributed by atoms with E-state index in [1.54, 1.807) is 18.4 Å². The molecule has 5 heteroatoms. The van der Waals surface area contributed by atoms with Gasteiger partial charge in [-0.3, -0.25) is 4.79 Å². The highest BCUT2D eigenvalue weighted by molar-refractivity contribution is 7.09. The fraction of sp³-hybridized carbons (Fsp3) is 0.444. The molecule has 23 heavy (non-hydrogen) atoms. The van der Waals surface area contributed by atoms with Crippen LogP contribution in [0.2, 0.25) is 0 Å². The molecule has 2 aromatic rings. The van der Waals surface area contributed by atoms with Crippen LogP contribution in [-0.2, 0) is 16.6 Å². The molecule has 1 amide bonds. The van der Waals surface area contributed by atoms with E-state index < -0.39 is 5.41 Å². The molecule has 0 atom stereocenters. The summed E-state index contributed by atoms with van der Waals surface area (Å²) in [6.07, 6.45) is 1.79. The normalized spacial score (nSPS) is 11.3. The lowest BCUT2D eigenvalue weighted by atomic mass is 9.83. The summed E-state index contributed by atoms with van der Waals surface area (Å²) in [4.78, 5) is 17.0. The SMILES string of the molecule is COc1ccccc1C(C)(C)C(=O)NCCCc1nc(C)cs1. The monoisotopic (exact) mass is 332 g/mol. The van der Waals surface area contributed by atoms with Crippen LogP contribution in [0.1, 0.15) is 36.5 Å². The van der Waals surface area contributed by atoms with Crippen LogP contribution < -0.4 is 10.1 Å². The molecule has 0 bridgehead atoms. The summed E-state index contributed by atoms with van der Waals surface area (Å²) >= 11 is 1.68. The first-order chi connectivity index (χ1) is 10.9. The standard InChI is InChI=1S/C18H24N2O2S/c1-13-12-23-16(20-13)10-7-11-19-17(21)18(2,3)14-8-5-6-9-15(14)22-4/h5-6,8-9,12H,7,10-11H2,1-4H3,(H,19,21). The van der Waals surface area contributed by atoms with Gasteiger partial charge in [0.05, 0.1) is 17.5 Å². The number of carbonyl (C=O) groups excluding carboxylic acids is 1. The van der Waals surface area contributed by atoms with E-state index in [0.717, 1.165) is 34.9 Å². The molecular formula is C18H24N2O2S. The summed E-state index contributed by atoms with van der Waals surface area (Å²) in [5.74, 6) is 0.753. The largest absolute Gasteiger partial charge is 0.496 e. The number of nitrogens with one attached hydrogen (secondary N) is 1. The van der Waals surface area contributed by atoms with Crippen molar-refractivity contribution in [2.75, 3.05) is 13.7 Å². The first-order valence-corrected chi connectivity index (χ1v) is 8.66. The van der Waals surface area contributed by atoms with E-state index >= 15 is 0 Å². The second-order valence-corrected chi connectivity index (χ2v) is 7.01. The van der Waals surface area contributed by atoms with Crippen molar-refractivity contribution in [1.29, 1.82) is 0 Å². The second kappa shape index (κ2) is 7.59. The van der Waals surface area contributed by atoms with Gasteiger partial charge in [0.15, 0.2) is 0 Å². The number of ether oxygens (including phenoxy) is 1. The van der Waals surface area contributed by atoms with Crippen molar-refractivity contribution in [3.8, 4) is 5.75 Å². The summed E-state index contributed by atoms with van der Waals surface area (Å²) in [6, 6.07) is 7.66. The first-order valence-electron chi connectivity index (χ1n) is 7.78. The molecule has 1 aromatic heterocycles. The van der Waals surface area contributed by atoms with E-state index in [0.29, 0.717) is 6.54 Å². The number of aromatic nitrogens is 1. The lowest BCUT2D eigenvalue weighted by molar-refractivity contribution is -0.125. The number of hydrogen-bond acceptors (Lipinski definition) is 4. The minimum absolute atomic E-state index is 0.0114. The van der Waals surface area contributed by atoms with E-state index in [1.807, 2.05) is 45.0 Å². The van der Waals surface area contributed by atoms with Crippen molar-refractivity contribution in [3.05, 3.63) is 45.9 Å². The summed E-state index contributed by atoms with van der Waals surface area (Å²) in [6.45, 7) is 6.49. The smallest absolute Gasteiger partial charge is 0.230 e. The molecule has 124 valence electrons. The Bertz CT molecular complexity index is 665. The molecule has 0 unspecified atom stereocenters. The van der Waals surface area contributed by atoms with Crippen molar-refractivity contribution in [2.24, 2.45) is 0 Å². The number of nitrogens with zero attached hydrogens (tertiary/aromatic N) is 1. The molecule has 1 heterocycles. The number of benzene rings is 1.